The van der Waals surface area contributed by atoms with E-state index in [1.165, 1.54) is 5.56 Å². The molecule has 0 atom stereocenters. The van der Waals surface area contributed by atoms with Crippen molar-refractivity contribution >= 4 is 21.6 Å². The Morgan fingerprint density at radius 3 is 2.63 bits per heavy atom. The molecule has 0 aliphatic carbocycles. The molecule has 0 amide bonds. The van der Waals surface area contributed by atoms with Crippen LogP contribution in [0.4, 0.5) is 5.69 Å². The molecule has 1 aromatic heterocycles. The summed E-state index contributed by atoms with van der Waals surface area (Å²) in [7, 11) is 0. The van der Waals surface area contributed by atoms with Crippen LogP contribution in [-0.4, -0.2) is 4.57 Å². The lowest BCUT2D eigenvalue weighted by atomic mass is 10.1. The number of anilines is 1. The SMILES string of the molecule is Cc1cc(Br)cn(CCCc2ccc(N)cc2)c1=O. The number of nitrogens with two attached hydrogens (primary N) is 1. The summed E-state index contributed by atoms with van der Waals surface area (Å²) < 4.78 is 2.70. The van der Waals surface area contributed by atoms with Crippen molar-refractivity contribution in [1.29, 1.82) is 0 Å². The maximum atomic E-state index is 11.9. The Hall–Kier alpha value is -1.55. The summed E-state index contributed by atoms with van der Waals surface area (Å²) in [6.07, 6.45) is 3.72. The first-order valence-corrected chi connectivity index (χ1v) is 7.06. The molecule has 2 aromatic rings. The van der Waals surface area contributed by atoms with Crippen LogP contribution in [0.5, 0.6) is 0 Å². The molecule has 0 aliphatic rings. The van der Waals surface area contributed by atoms with E-state index < -0.39 is 0 Å². The van der Waals surface area contributed by atoms with Crippen LogP contribution in [-0.2, 0) is 13.0 Å². The van der Waals surface area contributed by atoms with Gasteiger partial charge in [0.05, 0.1) is 0 Å². The van der Waals surface area contributed by atoms with Crippen molar-refractivity contribution in [3.63, 3.8) is 0 Å². The number of aromatic nitrogens is 1. The van der Waals surface area contributed by atoms with Crippen molar-refractivity contribution in [3.05, 3.63) is 62.5 Å². The van der Waals surface area contributed by atoms with Crippen molar-refractivity contribution in [2.75, 3.05) is 5.73 Å². The number of hydrogen-bond acceptors (Lipinski definition) is 2. The zero-order valence-electron chi connectivity index (χ0n) is 10.9. The van der Waals surface area contributed by atoms with E-state index in [1.54, 1.807) is 4.57 Å². The second kappa shape index (κ2) is 6.06. The van der Waals surface area contributed by atoms with E-state index in [1.807, 2.05) is 43.5 Å². The molecule has 0 fully saturated rings. The van der Waals surface area contributed by atoms with Gasteiger partial charge >= 0.3 is 0 Å². The quantitative estimate of drug-likeness (QED) is 0.880. The van der Waals surface area contributed by atoms with E-state index in [9.17, 15) is 4.79 Å². The molecule has 0 unspecified atom stereocenters. The third-order valence-corrected chi connectivity index (χ3v) is 3.51. The fourth-order valence-corrected chi connectivity index (χ4v) is 2.63. The van der Waals surface area contributed by atoms with Gasteiger partial charge in [-0.05, 0) is 59.5 Å². The predicted octanol–water partition coefficient (Wildman–Crippen LogP) is 3.13. The maximum Gasteiger partial charge on any atom is 0.253 e. The Kier molecular flexibility index (Phi) is 4.43. The predicted molar refractivity (Wildman–Crippen MR) is 82.3 cm³/mol. The van der Waals surface area contributed by atoms with Crippen LogP contribution < -0.4 is 11.3 Å². The highest BCUT2D eigenvalue weighted by Gasteiger charge is 2.02. The molecule has 0 saturated carbocycles. The Balaban J connectivity index is 2.00. The lowest BCUT2D eigenvalue weighted by molar-refractivity contribution is 0.618. The molecule has 4 heteroatoms. The van der Waals surface area contributed by atoms with Crippen molar-refractivity contribution in [2.24, 2.45) is 0 Å². The first kappa shape index (κ1) is 13.9. The third kappa shape index (κ3) is 3.70. The molecule has 2 N–H and O–H groups in total. The number of benzene rings is 1. The van der Waals surface area contributed by atoms with E-state index in [2.05, 4.69) is 15.9 Å². The van der Waals surface area contributed by atoms with Gasteiger partial charge in [-0.25, -0.2) is 0 Å². The summed E-state index contributed by atoms with van der Waals surface area (Å²) >= 11 is 3.42. The van der Waals surface area contributed by atoms with Crippen LogP contribution in [0.1, 0.15) is 17.5 Å². The molecule has 1 heterocycles. The molecule has 0 radical (unpaired) electrons. The number of aryl methyl sites for hydroxylation is 3. The van der Waals surface area contributed by atoms with Gasteiger partial charge in [0.15, 0.2) is 0 Å². The topological polar surface area (TPSA) is 48.0 Å². The average molecular weight is 321 g/mol. The summed E-state index contributed by atoms with van der Waals surface area (Å²) in [4.78, 5) is 11.9. The number of rotatable bonds is 4. The highest BCUT2D eigenvalue weighted by Crippen LogP contribution is 2.10. The number of nitrogen functional groups attached to an aromatic ring is 1. The fraction of sp³-hybridized carbons (Fsp3) is 0.267. The van der Waals surface area contributed by atoms with E-state index in [0.29, 0.717) is 0 Å². The lowest BCUT2D eigenvalue weighted by Crippen LogP contribution is -2.21. The van der Waals surface area contributed by atoms with Gasteiger partial charge in [0.1, 0.15) is 0 Å². The summed E-state index contributed by atoms with van der Waals surface area (Å²) in [6, 6.07) is 9.73. The van der Waals surface area contributed by atoms with E-state index in [0.717, 1.165) is 35.1 Å². The fourth-order valence-electron chi connectivity index (χ4n) is 2.04. The largest absolute Gasteiger partial charge is 0.399 e. The molecular formula is C15H17BrN2O. The highest BCUT2D eigenvalue weighted by molar-refractivity contribution is 9.10. The van der Waals surface area contributed by atoms with Crippen LogP contribution in [0.15, 0.2) is 45.8 Å². The molecule has 0 spiro atoms. The Morgan fingerprint density at radius 2 is 1.95 bits per heavy atom. The van der Waals surface area contributed by atoms with E-state index in [4.69, 9.17) is 5.73 Å². The van der Waals surface area contributed by atoms with Crippen LogP contribution in [0.2, 0.25) is 0 Å². The summed E-state index contributed by atoms with van der Waals surface area (Å²) in [6.45, 7) is 2.56. The molecule has 19 heavy (non-hydrogen) atoms. The second-order valence-corrected chi connectivity index (χ2v) is 5.60. The zero-order valence-corrected chi connectivity index (χ0v) is 12.5. The Labute approximate surface area is 121 Å². The minimum Gasteiger partial charge on any atom is -0.399 e. The molecule has 0 saturated heterocycles. The molecule has 3 nitrogen and oxygen atoms in total. The monoisotopic (exact) mass is 320 g/mol. The van der Waals surface area contributed by atoms with Gasteiger partial charge in [0.2, 0.25) is 0 Å². The van der Waals surface area contributed by atoms with Gasteiger partial charge in [-0.2, -0.15) is 0 Å². The normalized spacial score (nSPS) is 10.6. The molecule has 0 aliphatic heterocycles. The van der Waals surface area contributed by atoms with E-state index in [-0.39, 0.29) is 5.56 Å². The van der Waals surface area contributed by atoms with Crippen LogP contribution >= 0.6 is 15.9 Å². The van der Waals surface area contributed by atoms with Crippen molar-refractivity contribution in [3.8, 4) is 0 Å². The van der Waals surface area contributed by atoms with Crippen molar-refractivity contribution in [1.82, 2.24) is 4.57 Å². The highest BCUT2D eigenvalue weighted by atomic mass is 79.9. The minimum atomic E-state index is 0.0838. The van der Waals surface area contributed by atoms with Gasteiger partial charge in [-0.1, -0.05) is 12.1 Å². The van der Waals surface area contributed by atoms with Crippen LogP contribution in [0, 0.1) is 6.92 Å². The Morgan fingerprint density at radius 1 is 1.26 bits per heavy atom. The molecular weight excluding hydrogens is 304 g/mol. The summed E-state index contributed by atoms with van der Waals surface area (Å²) in [5.41, 5.74) is 8.52. The third-order valence-electron chi connectivity index (χ3n) is 3.08. The Bertz CT molecular complexity index is 617. The number of pyridine rings is 1. The van der Waals surface area contributed by atoms with Crippen molar-refractivity contribution < 1.29 is 0 Å². The number of halogens is 1. The van der Waals surface area contributed by atoms with Gasteiger partial charge in [0, 0.05) is 28.5 Å². The summed E-state index contributed by atoms with van der Waals surface area (Å²) in [5, 5.41) is 0. The molecule has 1 aromatic carbocycles. The molecule has 2 rings (SSSR count). The standard InChI is InChI=1S/C15H17BrN2O/c1-11-9-13(16)10-18(15(11)19)8-2-3-12-4-6-14(17)7-5-12/h4-7,9-10H,2-3,8,17H2,1H3. The number of nitrogens with zero attached hydrogens (tertiary/aromatic N) is 1. The summed E-state index contributed by atoms with van der Waals surface area (Å²) in [5.74, 6) is 0. The first-order chi connectivity index (χ1) is 9.06. The molecule has 100 valence electrons. The average Bonchev–Trinajstić information content (AvgIpc) is 2.37. The lowest BCUT2D eigenvalue weighted by Gasteiger charge is -2.08. The van der Waals surface area contributed by atoms with Gasteiger partial charge in [-0.15, -0.1) is 0 Å². The van der Waals surface area contributed by atoms with Crippen LogP contribution in [0.25, 0.3) is 0 Å². The van der Waals surface area contributed by atoms with E-state index >= 15 is 0 Å². The molecule has 0 bridgehead atoms. The first-order valence-electron chi connectivity index (χ1n) is 6.27. The van der Waals surface area contributed by atoms with Gasteiger partial charge in [-0.3, -0.25) is 4.79 Å². The maximum absolute atomic E-state index is 11.9. The van der Waals surface area contributed by atoms with Gasteiger partial charge in [0.25, 0.3) is 5.56 Å². The van der Waals surface area contributed by atoms with Gasteiger partial charge < -0.3 is 10.3 Å². The minimum absolute atomic E-state index is 0.0838. The smallest absolute Gasteiger partial charge is 0.253 e. The van der Waals surface area contributed by atoms with Crippen molar-refractivity contribution in [2.45, 2.75) is 26.3 Å². The number of hydrogen-bond donors (Lipinski definition) is 1. The zero-order chi connectivity index (χ0) is 13.8. The second-order valence-electron chi connectivity index (χ2n) is 4.69. The van der Waals surface area contributed by atoms with Crippen LogP contribution in [0.3, 0.4) is 0 Å².